The largest absolute Gasteiger partial charge is 0.496 e. The van der Waals surface area contributed by atoms with Crippen LogP contribution in [0.4, 0.5) is 0 Å². The maximum Gasteiger partial charge on any atom is 0.141 e. The number of hydrogen-bond acceptors (Lipinski definition) is 3. The first-order valence-electron chi connectivity index (χ1n) is 6.52. The molecule has 0 saturated heterocycles. The fourth-order valence-electron chi connectivity index (χ4n) is 2.80. The van der Waals surface area contributed by atoms with Crippen LogP contribution in [0.15, 0.2) is 12.1 Å². The minimum absolute atomic E-state index is 0.135. The van der Waals surface area contributed by atoms with Crippen LogP contribution in [0.5, 0.6) is 5.75 Å². The Bertz CT molecular complexity index is 515. The van der Waals surface area contributed by atoms with Gasteiger partial charge in [0.1, 0.15) is 11.5 Å². The number of benzene rings is 1. The van der Waals surface area contributed by atoms with E-state index in [4.69, 9.17) is 4.74 Å². The molecule has 2 rings (SSSR count). The molecule has 3 nitrogen and oxygen atoms in total. The molecule has 0 aromatic heterocycles. The molecule has 0 aliphatic carbocycles. The maximum absolute atomic E-state index is 12.2. The number of carbonyl (C=O) groups is 1. The van der Waals surface area contributed by atoms with Gasteiger partial charge < -0.3 is 10.1 Å². The van der Waals surface area contributed by atoms with Crippen LogP contribution in [0.3, 0.4) is 0 Å². The van der Waals surface area contributed by atoms with E-state index in [1.165, 1.54) is 5.56 Å². The van der Waals surface area contributed by atoms with Gasteiger partial charge in [0.15, 0.2) is 0 Å². The number of Topliss-reactive ketones (excluding diaryl/α,β-unsaturated/α-hetero) is 1. The Kier molecular flexibility index (Phi) is 4.20. The Hall–Kier alpha value is -0.620. The highest BCUT2D eigenvalue weighted by Gasteiger charge is 2.41. The van der Waals surface area contributed by atoms with Crippen LogP contribution in [0.1, 0.15) is 31.9 Å². The van der Waals surface area contributed by atoms with Gasteiger partial charge in [-0.05, 0) is 79.6 Å². The standard InChI is InChI=1S/C15H20INO2/c1-9-15(3,10(2)18)12-8-13(16)14(19-4)7-11(12)5-6-17-9/h7-9,17H,5-6H2,1-4H3. The van der Waals surface area contributed by atoms with Gasteiger partial charge in [-0.3, -0.25) is 4.79 Å². The number of fused-ring (bicyclic) bond motifs is 1. The molecule has 19 heavy (non-hydrogen) atoms. The van der Waals surface area contributed by atoms with Gasteiger partial charge in [-0.25, -0.2) is 0 Å². The van der Waals surface area contributed by atoms with Crippen LogP contribution >= 0.6 is 22.6 Å². The van der Waals surface area contributed by atoms with Gasteiger partial charge in [-0.1, -0.05) is 0 Å². The fraction of sp³-hybridized carbons (Fsp3) is 0.533. The molecule has 104 valence electrons. The van der Waals surface area contributed by atoms with Crippen LogP contribution in [0.25, 0.3) is 0 Å². The average Bonchev–Trinajstić information content (AvgIpc) is 2.49. The molecule has 0 spiro atoms. The molecule has 1 N–H and O–H groups in total. The zero-order valence-corrected chi connectivity index (χ0v) is 14.0. The zero-order valence-electron chi connectivity index (χ0n) is 11.8. The SMILES string of the molecule is COc1cc2c(cc1I)C(C)(C(C)=O)C(C)NCC2. The summed E-state index contributed by atoms with van der Waals surface area (Å²) in [5, 5.41) is 3.46. The van der Waals surface area contributed by atoms with Gasteiger partial charge in [-0.15, -0.1) is 0 Å². The monoisotopic (exact) mass is 373 g/mol. The van der Waals surface area contributed by atoms with Crippen molar-refractivity contribution >= 4 is 28.4 Å². The lowest BCUT2D eigenvalue weighted by atomic mass is 9.72. The third-order valence-corrected chi connectivity index (χ3v) is 5.22. The van der Waals surface area contributed by atoms with Gasteiger partial charge in [0.05, 0.1) is 16.1 Å². The summed E-state index contributed by atoms with van der Waals surface area (Å²) in [5.41, 5.74) is 1.88. The van der Waals surface area contributed by atoms with Gasteiger partial charge in [0.2, 0.25) is 0 Å². The summed E-state index contributed by atoms with van der Waals surface area (Å²) in [5.74, 6) is 1.09. The number of rotatable bonds is 2. The second kappa shape index (κ2) is 5.40. The first-order chi connectivity index (χ1) is 8.91. The molecule has 1 aromatic carbocycles. The van der Waals surface area contributed by atoms with Crippen LogP contribution in [0.2, 0.25) is 0 Å². The molecule has 0 saturated carbocycles. The van der Waals surface area contributed by atoms with Gasteiger partial charge in [0.25, 0.3) is 0 Å². The summed E-state index contributed by atoms with van der Waals surface area (Å²) in [6.07, 6.45) is 0.926. The molecular weight excluding hydrogens is 353 g/mol. The lowest BCUT2D eigenvalue weighted by Crippen LogP contribution is -2.48. The van der Waals surface area contributed by atoms with Crippen LogP contribution in [0, 0.1) is 3.57 Å². The Morgan fingerprint density at radius 1 is 1.53 bits per heavy atom. The predicted molar refractivity (Wildman–Crippen MR) is 84.9 cm³/mol. The summed E-state index contributed by atoms with van der Waals surface area (Å²) in [7, 11) is 1.69. The van der Waals surface area contributed by atoms with Crippen molar-refractivity contribution in [1.82, 2.24) is 5.32 Å². The molecule has 0 radical (unpaired) electrons. The van der Waals surface area contributed by atoms with E-state index < -0.39 is 5.41 Å². The topological polar surface area (TPSA) is 38.3 Å². The minimum Gasteiger partial charge on any atom is -0.496 e. The highest BCUT2D eigenvalue weighted by Crippen LogP contribution is 2.37. The van der Waals surface area contributed by atoms with E-state index in [0.717, 1.165) is 27.8 Å². The van der Waals surface area contributed by atoms with Crippen molar-refractivity contribution in [2.75, 3.05) is 13.7 Å². The highest BCUT2D eigenvalue weighted by atomic mass is 127. The van der Waals surface area contributed by atoms with Gasteiger partial charge in [-0.2, -0.15) is 0 Å². The van der Waals surface area contributed by atoms with Gasteiger partial charge in [0, 0.05) is 6.04 Å². The number of nitrogens with one attached hydrogen (secondary N) is 1. The Morgan fingerprint density at radius 3 is 2.79 bits per heavy atom. The van der Waals surface area contributed by atoms with Crippen molar-refractivity contribution in [3.8, 4) is 5.75 Å². The van der Waals surface area contributed by atoms with Gasteiger partial charge >= 0.3 is 0 Å². The number of halogens is 1. The summed E-state index contributed by atoms with van der Waals surface area (Å²) in [6.45, 7) is 6.71. The fourth-order valence-corrected chi connectivity index (χ4v) is 3.48. The van der Waals surface area contributed by atoms with E-state index >= 15 is 0 Å². The Labute approximate surface area is 128 Å². The molecule has 1 aliphatic heterocycles. The number of hydrogen-bond donors (Lipinski definition) is 1. The lowest BCUT2D eigenvalue weighted by molar-refractivity contribution is -0.122. The zero-order chi connectivity index (χ0) is 14.2. The summed E-state index contributed by atoms with van der Waals surface area (Å²) < 4.78 is 6.45. The molecule has 1 aromatic rings. The van der Waals surface area contributed by atoms with Crippen molar-refractivity contribution in [2.24, 2.45) is 0 Å². The third-order valence-electron chi connectivity index (χ3n) is 4.38. The summed E-state index contributed by atoms with van der Waals surface area (Å²) in [6, 6.07) is 4.33. The Balaban J connectivity index is 2.67. The summed E-state index contributed by atoms with van der Waals surface area (Å²) in [4.78, 5) is 12.2. The smallest absolute Gasteiger partial charge is 0.141 e. The lowest BCUT2D eigenvalue weighted by Gasteiger charge is -2.34. The molecular formula is C15H20INO2. The molecule has 0 amide bonds. The molecule has 1 heterocycles. The third kappa shape index (κ3) is 2.40. The van der Waals surface area contributed by atoms with E-state index in [9.17, 15) is 4.79 Å². The highest BCUT2D eigenvalue weighted by molar-refractivity contribution is 14.1. The second-order valence-corrected chi connectivity index (χ2v) is 6.49. The van der Waals surface area contributed by atoms with Crippen molar-refractivity contribution < 1.29 is 9.53 Å². The minimum atomic E-state index is -0.474. The van der Waals surface area contributed by atoms with Crippen molar-refractivity contribution in [1.29, 1.82) is 0 Å². The number of methoxy groups -OCH3 is 1. The number of ether oxygens (including phenoxy) is 1. The molecule has 0 fully saturated rings. The van der Waals surface area contributed by atoms with Crippen molar-refractivity contribution in [2.45, 2.75) is 38.6 Å². The normalized spacial score (nSPS) is 26.5. The van der Waals surface area contributed by atoms with E-state index in [1.54, 1.807) is 14.0 Å². The molecule has 2 atom stereocenters. The van der Waals surface area contributed by atoms with E-state index in [-0.39, 0.29) is 11.8 Å². The van der Waals surface area contributed by atoms with Crippen molar-refractivity contribution in [3.05, 3.63) is 26.8 Å². The van der Waals surface area contributed by atoms with Crippen molar-refractivity contribution in [3.63, 3.8) is 0 Å². The average molecular weight is 373 g/mol. The molecule has 1 aliphatic rings. The first kappa shape index (κ1) is 14.8. The quantitative estimate of drug-likeness (QED) is 0.811. The van der Waals surface area contributed by atoms with Crippen LogP contribution < -0.4 is 10.1 Å². The first-order valence-corrected chi connectivity index (χ1v) is 7.60. The summed E-state index contributed by atoms with van der Waals surface area (Å²) >= 11 is 2.27. The van der Waals surface area contributed by atoms with Crippen LogP contribution in [-0.4, -0.2) is 25.5 Å². The Morgan fingerprint density at radius 2 is 2.21 bits per heavy atom. The number of carbonyl (C=O) groups excluding carboxylic acids is 1. The van der Waals surface area contributed by atoms with E-state index in [0.29, 0.717) is 0 Å². The predicted octanol–water partition coefficient (Wildman–Crippen LogP) is 2.68. The molecule has 4 heteroatoms. The number of ketones is 1. The van der Waals surface area contributed by atoms with E-state index in [1.807, 2.05) is 6.92 Å². The maximum atomic E-state index is 12.2. The second-order valence-electron chi connectivity index (χ2n) is 5.33. The van der Waals surface area contributed by atoms with Crippen LogP contribution in [-0.2, 0) is 16.6 Å². The molecule has 0 bridgehead atoms. The molecule has 2 unspecified atom stereocenters. The van der Waals surface area contributed by atoms with E-state index in [2.05, 4.69) is 47.0 Å².